The van der Waals surface area contributed by atoms with Crippen LogP contribution < -0.4 is 0 Å². The van der Waals surface area contributed by atoms with Crippen molar-refractivity contribution < 1.29 is 19.1 Å². The average Bonchev–Trinajstić information content (AvgIpc) is 3.18. The summed E-state index contributed by atoms with van der Waals surface area (Å²) >= 11 is 3.39. The van der Waals surface area contributed by atoms with Crippen molar-refractivity contribution in [2.24, 2.45) is 11.8 Å². The third kappa shape index (κ3) is 2.36. The molecule has 1 N–H and O–H groups in total. The number of amides is 1. The molecule has 1 aromatic heterocycles. The lowest BCUT2D eigenvalue weighted by molar-refractivity contribution is -0.142. The maximum Gasteiger partial charge on any atom is 0.326 e. The van der Waals surface area contributed by atoms with Crippen LogP contribution in [0.1, 0.15) is 29.8 Å². The quantitative estimate of drug-likeness (QED) is 0.868. The summed E-state index contributed by atoms with van der Waals surface area (Å²) in [5.41, 5.74) is 0.628. The SMILES string of the molecule is O=C(O)C1C2CCCC2CN1C(=O)c1cc2cc(Br)ccc2o1. The molecule has 1 amide bonds. The summed E-state index contributed by atoms with van der Waals surface area (Å²) in [5, 5.41) is 10.4. The van der Waals surface area contributed by atoms with Crippen molar-refractivity contribution in [1.82, 2.24) is 4.90 Å². The van der Waals surface area contributed by atoms with Gasteiger partial charge in [0, 0.05) is 16.4 Å². The molecule has 6 heteroatoms. The summed E-state index contributed by atoms with van der Waals surface area (Å²) < 4.78 is 6.55. The predicted molar refractivity (Wildman–Crippen MR) is 87.2 cm³/mol. The summed E-state index contributed by atoms with van der Waals surface area (Å²) in [5.74, 6) is -0.636. The smallest absolute Gasteiger partial charge is 0.326 e. The fraction of sp³-hybridized carbons (Fsp3) is 0.412. The van der Waals surface area contributed by atoms with Crippen molar-refractivity contribution in [2.45, 2.75) is 25.3 Å². The molecule has 1 saturated heterocycles. The van der Waals surface area contributed by atoms with Crippen molar-refractivity contribution in [2.75, 3.05) is 6.54 Å². The highest BCUT2D eigenvalue weighted by atomic mass is 79.9. The topological polar surface area (TPSA) is 70.8 Å². The Kier molecular flexibility index (Phi) is 3.44. The molecule has 0 spiro atoms. The lowest BCUT2D eigenvalue weighted by atomic mass is 9.94. The Balaban J connectivity index is 1.68. The number of likely N-dealkylation sites (tertiary alicyclic amines) is 1. The first-order valence-electron chi connectivity index (χ1n) is 7.77. The van der Waals surface area contributed by atoms with Gasteiger partial charge in [-0.3, -0.25) is 4.79 Å². The second kappa shape index (κ2) is 5.37. The molecule has 0 bridgehead atoms. The zero-order valence-electron chi connectivity index (χ0n) is 12.4. The van der Waals surface area contributed by atoms with Gasteiger partial charge >= 0.3 is 5.97 Å². The Morgan fingerprint density at radius 1 is 1.26 bits per heavy atom. The molecule has 1 aromatic carbocycles. The van der Waals surface area contributed by atoms with E-state index in [4.69, 9.17) is 4.42 Å². The molecule has 3 atom stereocenters. The first-order valence-corrected chi connectivity index (χ1v) is 8.57. The van der Waals surface area contributed by atoms with Crippen LogP contribution in [0.15, 0.2) is 33.2 Å². The number of hydrogen-bond donors (Lipinski definition) is 1. The number of carboxylic acid groups (broad SMARTS) is 1. The number of furan rings is 1. The Hall–Kier alpha value is -1.82. The van der Waals surface area contributed by atoms with E-state index < -0.39 is 12.0 Å². The maximum atomic E-state index is 12.8. The third-order valence-electron chi connectivity index (χ3n) is 5.09. The fourth-order valence-corrected chi connectivity index (χ4v) is 4.47. The van der Waals surface area contributed by atoms with Crippen LogP contribution in [0, 0.1) is 11.8 Å². The molecule has 5 nitrogen and oxygen atoms in total. The number of nitrogens with zero attached hydrogens (tertiary/aromatic N) is 1. The number of carboxylic acids is 1. The average molecular weight is 378 g/mol. The highest BCUT2D eigenvalue weighted by Gasteiger charge is 2.50. The highest BCUT2D eigenvalue weighted by Crippen LogP contribution is 2.43. The van der Waals surface area contributed by atoms with Crippen LogP contribution in [0.25, 0.3) is 11.0 Å². The normalized spacial score (nSPS) is 26.7. The molecule has 1 aliphatic heterocycles. The molecule has 2 aliphatic rings. The number of rotatable bonds is 2. The Morgan fingerprint density at radius 2 is 2.09 bits per heavy atom. The van der Waals surface area contributed by atoms with Crippen LogP contribution >= 0.6 is 15.9 Å². The number of aliphatic carboxylic acids is 1. The summed E-state index contributed by atoms with van der Waals surface area (Å²) in [6, 6.07) is 6.48. The van der Waals surface area contributed by atoms with Crippen molar-refractivity contribution in [1.29, 1.82) is 0 Å². The molecule has 2 fully saturated rings. The van der Waals surface area contributed by atoms with Gasteiger partial charge in [-0.1, -0.05) is 22.4 Å². The summed E-state index contributed by atoms with van der Waals surface area (Å²) in [4.78, 5) is 26.0. The molecule has 1 saturated carbocycles. The van der Waals surface area contributed by atoms with E-state index in [-0.39, 0.29) is 17.6 Å². The van der Waals surface area contributed by atoms with Crippen molar-refractivity contribution >= 4 is 38.8 Å². The van der Waals surface area contributed by atoms with E-state index >= 15 is 0 Å². The van der Waals surface area contributed by atoms with Crippen molar-refractivity contribution in [3.05, 3.63) is 34.5 Å². The lowest BCUT2D eigenvalue weighted by Crippen LogP contribution is -2.43. The van der Waals surface area contributed by atoms with Gasteiger partial charge in [0.25, 0.3) is 5.91 Å². The van der Waals surface area contributed by atoms with Crippen LogP contribution in [0.2, 0.25) is 0 Å². The highest BCUT2D eigenvalue weighted by molar-refractivity contribution is 9.10. The number of carbonyl (C=O) groups is 2. The van der Waals surface area contributed by atoms with Gasteiger partial charge < -0.3 is 14.4 Å². The summed E-state index contributed by atoms with van der Waals surface area (Å²) in [6.45, 7) is 0.515. The van der Waals surface area contributed by atoms with E-state index in [1.165, 1.54) is 4.90 Å². The van der Waals surface area contributed by atoms with Gasteiger partial charge in [0.1, 0.15) is 11.6 Å². The van der Waals surface area contributed by atoms with Crippen LogP contribution in [0.5, 0.6) is 0 Å². The fourth-order valence-electron chi connectivity index (χ4n) is 4.09. The first-order chi connectivity index (χ1) is 11.0. The van der Waals surface area contributed by atoms with Crippen molar-refractivity contribution in [3.63, 3.8) is 0 Å². The molecule has 120 valence electrons. The molecule has 0 radical (unpaired) electrons. The lowest BCUT2D eigenvalue weighted by Gasteiger charge is -2.23. The zero-order chi connectivity index (χ0) is 16.1. The number of carbonyl (C=O) groups excluding carboxylic acids is 1. The third-order valence-corrected chi connectivity index (χ3v) is 5.59. The van der Waals surface area contributed by atoms with E-state index in [0.29, 0.717) is 18.0 Å². The molecular formula is C17H16BrNO4. The Labute approximate surface area is 141 Å². The van der Waals surface area contributed by atoms with Crippen LogP contribution in [0.3, 0.4) is 0 Å². The molecule has 2 heterocycles. The minimum Gasteiger partial charge on any atom is -0.480 e. The molecule has 2 aromatic rings. The van der Waals surface area contributed by atoms with Gasteiger partial charge in [-0.2, -0.15) is 0 Å². The monoisotopic (exact) mass is 377 g/mol. The molecular weight excluding hydrogens is 362 g/mol. The van der Waals surface area contributed by atoms with Crippen LogP contribution in [0.4, 0.5) is 0 Å². The van der Waals surface area contributed by atoms with Gasteiger partial charge in [-0.25, -0.2) is 4.79 Å². The van der Waals surface area contributed by atoms with Gasteiger partial charge in [-0.15, -0.1) is 0 Å². The number of halogens is 1. The first kappa shape index (κ1) is 14.8. The minimum atomic E-state index is -0.911. The van der Waals surface area contributed by atoms with Crippen LogP contribution in [-0.4, -0.2) is 34.5 Å². The molecule has 3 unspecified atom stereocenters. The summed E-state index contributed by atoms with van der Waals surface area (Å²) in [7, 11) is 0. The van der Waals surface area contributed by atoms with E-state index in [2.05, 4.69) is 15.9 Å². The Bertz CT molecular complexity index is 799. The number of fused-ring (bicyclic) bond motifs is 2. The standard InChI is InChI=1S/C17H16BrNO4/c18-11-4-5-13-10(6-11)7-14(23-13)16(20)19-8-9-2-1-3-12(9)15(19)17(21)22/h4-7,9,12,15H,1-3,8H2,(H,21,22). The van der Waals surface area contributed by atoms with Crippen molar-refractivity contribution in [3.8, 4) is 0 Å². The largest absolute Gasteiger partial charge is 0.480 e. The molecule has 1 aliphatic carbocycles. The maximum absolute atomic E-state index is 12.8. The summed E-state index contributed by atoms with van der Waals surface area (Å²) in [6.07, 6.45) is 2.95. The molecule has 23 heavy (non-hydrogen) atoms. The Morgan fingerprint density at radius 3 is 2.87 bits per heavy atom. The van der Waals surface area contributed by atoms with E-state index in [1.807, 2.05) is 12.1 Å². The number of benzene rings is 1. The number of hydrogen-bond acceptors (Lipinski definition) is 3. The molecule has 4 rings (SSSR count). The van der Waals surface area contributed by atoms with Gasteiger partial charge in [0.15, 0.2) is 5.76 Å². The second-order valence-corrected chi connectivity index (χ2v) is 7.30. The van der Waals surface area contributed by atoms with Gasteiger partial charge in [0.2, 0.25) is 0 Å². The second-order valence-electron chi connectivity index (χ2n) is 6.39. The zero-order valence-corrected chi connectivity index (χ0v) is 14.0. The van der Waals surface area contributed by atoms with E-state index in [1.54, 1.807) is 12.1 Å². The predicted octanol–water partition coefficient (Wildman–Crippen LogP) is 3.52. The van der Waals surface area contributed by atoms with Gasteiger partial charge in [-0.05, 0) is 48.9 Å². The van der Waals surface area contributed by atoms with E-state index in [0.717, 1.165) is 29.1 Å². The van der Waals surface area contributed by atoms with Gasteiger partial charge in [0.05, 0.1) is 0 Å². The van der Waals surface area contributed by atoms with E-state index in [9.17, 15) is 14.7 Å². The minimum absolute atomic E-state index is 0.0787. The van der Waals surface area contributed by atoms with Crippen LogP contribution in [-0.2, 0) is 4.79 Å².